The maximum absolute atomic E-state index is 4.18. The first kappa shape index (κ1) is 13.1. The maximum atomic E-state index is 4.18. The standard InChI is InChI=1S/C19H19N3/c1-12(2)19(18-10-20-11-21-18)13-7-8-15-14-5-3-4-6-16(14)22-17(15)9-13/h3-12,19,22H,1-2H3,(H,20,21). The summed E-state index contributed by atoms with van der Waals surface area (Å²) in [5.41, 5.74) is 4.88. The van der Waals surface area contributed by atoms with E-state index in [-0.39, 0.29) is 0 Å². The van der Waals surface area contributed by atoms with E-state index in [1.54, 1.807) is 6.33 Å². The van der Waals surface area contributed by atoms with E-state index in [0.717, 1.165) is 0 Å². The van der Waals surface area contributed by atoms with E-state index in [2.05, 4.69) is 71.3 Å². The molecule has 2 aromatic heterocycles. The smallest absolute Gasteiger partial charge is 0.0921 e. The summed E-state index contributed by atoms with van der Waals surface area (Å²) in [6.07, 6.45) is 3.69. The predicted octanol–water partition coefficient (Wildman–Crippen LogP) is 4.83. The zero-order chi connectivity index (χ0) is 15.1. The third kappa shape index (κ3) is 2.01. The second-order valence-electron chi connectivity index (χ2n) is 6.20. The molecule has 4 rings (SSSR count). The number of aromatic nitrogens is 3. The van der Waals surface area contributed by atoms with Crippen LogP contribution in [0.3, 0.4) is 0 Å². The Morgan fingerprint density at radius 3 is 2.55 bits per heavy atom. The number of para-hydroxylation sites is 1. The van der Waals surface area contributed by atoms with Crippen molar-refractivity contribution in [2.24, 2.45) is 5.92 Å². The van der Waals surface area contributed by atoms with Gasteiger partial charge in [0.25, 0.3) is 0 Å². The van der Waals surface area contributed by atoms with Gasteiger partial charge in [-0.25, -0.2) is 4.98 Å². The highest BCUT2D eigenvalue weighted by Gasteiger charge is 2.20. The van der Waals surface area contributed by atoms with Crippen molar-refractivity contribution in [2.45, 2.75) is 19.8 Å². The molecule has 0 saturated heterocycles. The van der Waals surface area contributed by atoms with Gasteiger partial charge in [-0.05, 0) is 23.6 Å². The lowest BCUT2D eigenvalue weighted by Crippen LogP contribution is -2.08. The van der Waals surface area contributed by atoms with Crippen LogP contribution in [0, 0.1) is 5.92 Å². The van der Waals surface area contributed by atoms with Crippen molar-refractivity contribution in [1.82, 2.24) is 15.0 Å². The SMILES string of the molecule is CC(C)C(c1ccc2c(c1)[nH]c1ccccc12)c1cnc[nH]1. The van der Waals surface area contributed by atoms with Crippen molar-refractivity contribution in [3.63, 3.8) is 0 Å². The Morgan fingerprint density at radius 2 is 1.77 bits per heavy atom. The molecule has 4 aromatic rings. The lowest BCUT2D eigenvalue weighted by molar-refractivity contribution is 0.554. The highest BCUT2D eigenvalue weighted by molar-refractivity contribution is 6.07. The van der Waals surface area contributed by atoms with Crippen molar-refractivity contribution < 1.29 is 0 Å². The van der Waals surface area contributed by atoms with Crippen LogP contribution >= 0.6 is 0 Å². The molecular weight excluding hydrogens is 270 g/mol. The Hall–Kier alpha value is -2.55. The van der Waals surface area contributed by atoms with Crippen LogP contribution in [0.5, 0.6) is 0 Å². The fourth-order valence-electron chi connectivity index (χ4n) is 3.43. The summed E-state index contributed by atoms with van der Waals surface area (Å²) in [6, 6.07) is 15.2. The van der Waals surface area contributed by atoms with Crippen molar-refractivity contribution in [2.75, 3.05) is 0 Å². The van der Waals surface area contributed by atoms with E-state index < -0.39 is 0 Å². The average molecular weight is 289 g/mol. The summed E-state index contributed by atoms with van der Waals surface area (Å²) < 4.78 is 0. The largest absolute Gasteiger partial charge is 0.355 e. The number of rotatable bonds is 3. The van der Waals surface area contributed by atoms with Crippen molar-refractivity contribution >= 4 is 21.8 Å². The van der Waals surface area contributed by atoms with E-state index in [1.807, 2.05) is 6.20 Å². The van der Waals surface area contributed by atoms with Gasteiger partial charge in [0.15, 0.2) is 0 Å². The van der Waals surface area contributed by atoms with Crippen LogP contribution in [0.2, 0.25) is 0 Å². The summed E-state index contributed by atoms with van der Waals surface area (Å²) in [7, 11) is 0. The van der Waals surface area contributed by atoms with Crippen LogP contribution in [-0.2, 0) is 0 Å². The summed E-state index contributed by atoms with van der Waals surface area (Å²) in [4.78, 5) is 11.0. The van der Waals surface area contributed by atoms with Crippen LogP contribution in [0.1, 0.15) is 31.0 Å². The van der Waals surface area contributed by atoms with Gasteiger partial charge in [-0.3, -0.25) is 0 Å². The Balaban J connectivity index is 1.89. The van der Waals surface area contributed by atoms with Crippen LogP contribution in [-0.4, -0.2) is 15.0 Å². The minimum Gasteiger partial charge on any atom is -0.355 e. The lowest BCUT2D eigenvalue weighted by Gasteiger charge is -2.20. The van der Waals surface area contributed by atoms with E-state index in [9.17, 15) is 0 Å². The molecule has 2 aromatic carbocycles. The first-order chi connectivity index (χ1) is 10.7. The molecule has 0 radical (unpaired) electrons. The number of fused-ring (bicyclic) bond motifs is 3. The number of aromatic amines is 2. The molecule has 0 aliphatic rings. The Kier molecular flexibility index (Phi) is 3.00. The first-order valence-electron chi connectivity index (χ1n) is 7.72. The zero-order valence-corrected chi connectivity index (χ0v) is 12.8. The fraction of sp³-hybridized carbons (Fsp3) is 0.211. The number of benzene rings is 2. The quantitative estimate of drug-likeness (QED) is 0.557. The molecule has 3 heteroatoms. The third-order valence-corrected chi connectivity index (χ3v) is 4.41. The normalized spacial score (nSPS) is 13.2. The molecule has 0 fully saturated rings. The molecule has 3 nitrogen and oxygen atoms in total. The predicted molar refractivity (Wildman–Crippen MR) is 91.1 cm³/mol. The molecule has 2 heterocycles. The molecule has 0 saturated carbocycles. The van der Waals surface area contributed by atoms with Gasteiger partial charge in [0, 0.05) is 39.6 Å². The monoisotopic (exact) mass is 289 g/mol. The molecule has 2 N–H and O–H groups in total. The molecule has 0 amide bonds. The van der Waals surface area contributed by atoms with Gasteiger partial charge >= 0.3 is 0 Å². The van der Waals surface area contributed by atoms with Gasteiger partial charge in [0.1, 0.15) is 0 Å². The molecule has 22 heavy (non-hydrogen) atoms. The topological polar surface area (TPSA) is 44.5 Å². The van der Waals surface area contributed by atoms with Crippen LogP contribution < -0.4 is 0 Å². The second-order valence-corrected chi connectivity index (χ2v) is 6.20. The van der Waals surface area contributed by atoms with Gasteiger partial charge < -0.3 is 9.97 Å². The number of imidazole rings is 1. The Morgan fingerprint density at radius 1 is 0.955 bits per heavy atom. The van der Waals surface area contributed by atoms with E-state index in [1.165, 1.54) is 33.1 Å². The second kappa shape index (κ2) is 5.02. The third-order valence-electron chi connectivity index (χ3n) is 4.41. The molecule has 0 aliphatic heterocycles. The van der Waals surface area contributed by atoms with E-state index in [4.69, 9.17) is 0 Å². The van der Waals surface area contributed by atoms with E-state index in [0.29, 0.717) is 11.8 Å². The molecule has 1 atom stereocenters. The zero-order valence-electron chi connectivity index (χ0n) is 12.8. The molecule has 1 unspecified atom stereocenters. The first-order valence-corrected chi connectivity index (χ1v) is 7.72. The number of H-pyrrole nitrogens is 2. The van der Waals surface area contributed by atoms with Gasteiger partial charge in [0.2, 0.25) is 0 Å². The van der Waals surface area contributed by atoms with Gasteiger partial charge in [0.05, 0.1) is 6.33 Å². The van der Waals surface area contributed by atoms with Crippen molar-refractivity contribution in [3.05, 3.63) is 66.2 Å². The highest BCUT2D eigenvalue weighted by Crippen LogP contribution is 2.34. The lowest BCUT2D eigenvalue weighted by atomic mass is 9.85. The van der Waals surface area contributed by atoms with Crippen molar-refractivity contribution in [1.29, 1.82) is 0 Å². The van der Waals surface area contributed by atoms with Crippen LogP contribution in [0.15, 0.2) is 55.0 Å². The minimum absolute atomic E-state index is 0.332. The molecular formula is C19H19N3. The highest BCUT2D eigenvalue weighted by atomic mass is 14.9. The van der Waals surface area contributed by atoms with Gasteiger partial charge in [-0.1, -0.05) is 44.2 Å². The average Bonchev–Trinajstić information content (AvgIpc) is 3.14. The molecule has 0 spiro atoms. The van der Waals surface area contributed by atoms with Gasteiger partial charge in [-0.2, -0.15) is 0 Å². The Labute approximate surface area is 129 Å². The summed E-state index contributed by atoms with van der Waals surface area (Å²) in [6.45, 7) is 4.50. The maximum Gasteiger partial charge on any atom is 0.0921 e. The Bertz CT molecular complexity index is 916. The number of nitrogens with zero attached hydrogens (tertiary/aromatic N) is 1. The minimum atomic E-state index is 0.332. The van der Waals surface area contributed by atoms with Crippen LogP contribution in [0.25, 0.3) is 21.8 Å². The van der Waals surface area contributed by atoms with E-state index >= 15 is 0 Å². The molecule has 0 bridgehead atoms. The molecule has 110 valence electrons. The van der Waals surface area contributed by atoms with Crippen molar-refractivity contribution in [3.8, 4) is 0 Å². The fourth-order valence-corrected chi connectivity index (χ4v) is 3.43. The molecule has 0 aliphatic carbocycles. The van der Waals surface area contributed by atoms with Crippen LogP contribution in [0.4, 0.5) is 0 Å². The number of hydrogen-bond acceptors (Lipinski definition) is 1. The summed E-state index contributed by atoms with van der Waals surface area (Å²) >= 11 is 0. The number of nitrogens with one attached hydrogen (secondary N) is 2. The summed E-state index contributed by atoms with van der Waals surface area (Å²) in [5, 5.41) is 2.57. The number of hydrogen-bond donors (Lipinski definition) is 2. The van der Waals surface area contributed by atoms with Gasteiger partial charge in [-0.15, -0.1) is 0 Å². The summed E-state index contributed by atoms with van der Waals surface area (Å²) in [5.74, 6) is 0.834.